The summed E-state index contributed by atoms with van der Waals surface area (Å²) in [6, 6.07) is 17.7. The molecular weight excluding hydrogens is 567 g/mol. The number of nitriles is 1. The normalized spacial score (nSPS) is 11.3. The van der Waals surface area contributed by atoms with Crippen LogP contribution in [0.2, 0.25) is 0 Å². The van der Waals surface area contributed by atoms with Crippen molar-refractivity contribution in [1.82, 2.24) is 0 Å². The van der Waals surface area contributed by atoms with Crippen molar-refractivity contribution in [2.75, 3.05) is 23.8 Å². The smallest absolute Gasteiger partial charge is 0.416 e. The lowest BCUT2D eigenvalue weighted by atomic mass is 10.1. The summed E-state index contributed by atoms with van der Waals surface area (Å²) >= 11 is 3.35. The highest BCUT2D eigenvalue weighted by Gasteiger charge is 2.30. The fourth-order valence-electron chi connectivity index (χ4n) is 3.18. The molecule has 2 N–H and O–H groups in total. The highest BCUT2D eigenvalue weighted by atomic mass is 79.9. The number of anilines is 2. The molecule has 0 radical (unpaired) electrons. The number of para-hydroxylation sites is 1. The minimum Gasteiger partial charge on any atom is -0.490 e. The summed E-state index contributed by atoms with van der Waals surface area (Å²) < 4.78 is 50.6. The maximum Gasteiger partial charge on any atom is 0.416 e. The molecule has 0 aliphatic heterocycles. The average Bonchev–Trinajstić information content (AvgIpc) is 2.88. The fraction of sp³-hybridized carbons (Fsp3) is 0.148. The minimum absolute atomic E-state index is 0.113. The molecule has 0 saturated carbocycles. The Bertz CT molecular complexity index is 1390. The maximum atomic E-state index is 13.0. The molecule has 0 aromatic heterocycles. The third-order valence-corrected chi connectivity index (χ3v) is 5.58. The number of carbonyl (C=O) groups is 2. The lowest BCUT2D eigenvalue weighted by molar-refractivity contribution is -0.137. The largest absolute Gasteiger partial charge is 0.490 e. The van der Waals surface area contributed by atoms with Crippen molar-refractivity contribution in [1.29, 1.82) is 5.26 Å². The Kier molecular flexibility index (Phi) is 9.51. The summed E-state index contributed by atoms with van der Waals surface area (Å²) in [4.78, 5) is 24.9. The van der Waals surface area contributed by atoms with Crippen LogP contribution in [0.4, 0.5) is 24.5 Å². The number of amides is 2. The number of benzene rings is 3. The summed E-state index contributed by atoms with van der Waals surface area (Å²) in [6.07, 6.45) is -3.33. The fourth-order valence-corrected chi connectivity index (χ4v) is 3.62. The van der Waals surface area contributed by atoms with Gasteiger partial charge in [-0.1, -0.05) is 40.2 Å². The summed E-state index contributed by atoms with van der Waals surface area (Å²) in [5.74, 6) is -0.789. The molecule has 2 amide bonds. The van der Waals surface area contributed by atoms with Crippen LogP contribution in [0.3, 0.4) is 0 Å². The van der Waals surface area contributed by atoms with Gasteiger partial charge in [-0.25, -0.2) is 0 Å². The van der Waals surface area contributed by atoms with Gasteiger partial charge >= 0.3 is 6.18 Å². The van der Waals surface area contributed by atoms with Crippen LogP contribution in [0.25, 0.3) is 6.08 Å². The predicted molar refractivity (Wildman–Crippen MR) is 140 cm³/mol. The summed E-state index contributed by atoms with van der Waals surface area (Å²) in [5, 5.41) is 14.5. The monoisotopic (exact) mass is 587 g/mol. The first-order valence-corrected chi connectivity index (χ1v) is 11.9. The van der Waals surface area contributed by atoms with Crippen molar-refractivity contribution in [3.63, 3.8) is 0 Å². The van der Waals surface area contributed by atoms with Crippen molar-refractivity contribution < 1.29 is 32.2 Å². The molecule has 196 valence electrons. The number of ether oxygens (including phenoxy) is 2. The van der Waals surface area contributed by atoms with E-state index in [-0.39, 0.29) is 36.0 Å². The Morgan fingerprint density at radius 3 is 2.32 bits per heavy atom. The highest BCUT2D eigenvalue weighted by Crippen LogP contribution is 2.35. The Hall–Kier alpha value is -4.30. The first kappa shape index (κ1) is 28.3. The van der Waals surface area contributed by atoms with Crippen LogP contribution in [0.15, 0.2) is 76.8 Å². The van der Waals surface area contributed by atoms with E-state index in [4.69, 9.17) is 9.47 Å². The van der Waals surface area contributed by atoms with E-state index in [0.29, 0.717) is 15.7 Å². The van der Waals surface area contributed by atoms with Gasteiger partial charge in [0.1, 0.15) is 11.6 Å². The molecule has 0 fully saturated rings. The molecule has 0 bridgehead atoms. The van der Waals surface area contributed by atoms with Gasteiger partial charge < -0.3 is 20.1 Å². The van der Waals surface area contributed by atoms with E-state index in [1.807, 2.05) is 6.07 Å². The van der Waals surface area contributed by atoms with Gasteiger partial charge in [0.15, 0.2) is 18.1 Å². The molecule has 0 aliphatic carbocycles. The van der Waals surface area contributed by atoms with Gasteiger partial charge in [0.2, 0.25) is 0 Å². The van der Waals surface area contributed by atoms with Gasteiger partial charge in [0.05, 0.1) is 12.2 Å². The summed E-state index contributed by atoms with van der Waals surface area (Å²) in [7, 11) is 0. The zero-order chi connectivity index (χ0) is 27.7. The van der Waals surface area contributed by atoms with Crippen LogP contribution >= 0.6 is 15.9 Å². The molecular formula is C27H21BrF3N3O4. The molecule has 3 aromatic rings. The van der Waals surface area contributed by atoms with E-state index in [0.717, 1.165) is 18.2 Å². The maximum absolute atomic E-state index is 13.0. The van der Waals surface area contributed by atoms with Crippen molar-refractivity contribution in [3.8, 4) is 17.6 Å². The van der Waals surface area contributed by atoms with Gasteiger partial charge in [-0.05, 0) is 61.0 Å². The number of hydrogen-bond acceptors (Lipinski definition) is 5. The van der Waals surface area contributed by atoms with Gasteiger partial charge in [-0.2, -0.15) is 18.4 Å². The summed E-state index contributed by atoms with van der Waals surface area (Å²) in [5.41, 5.74) is -0.431. The number of nitrogens with zero attached hydrogens (tertiary/aromatic N) is 1. The number of alkyl halides is 3. The van der Waals surface area contributed by atoms with Crippen LogP contribution in [-0.4, -0.2) is 25.0 Å². The van der Waals surface area contributed by atoms with Crippen molar-refractivity contribution in [3.05, 3.63) is 87.9 Å². The van der Waals surface area contributed by atoms with E-state index >= 15 is 0 Å². The zero-order valence-corrected chi connectivity index (χ0v) is 21.5. The van der Waals surface area contributed by atoms with Gasteiger partial charge in [-0.3, -0.25) is 9.59 Å². The highest BCUT2D eigenvalue weighted by molar-refractivity contribution is 9.10. The lowest BCUT2D eigenvalue weighted by Crippen LogP contribution is -2.20. The van der Waals surface area contributed by atoms with E-state index in [9.17, 15) is 28.0 Å². The number of halogens is 4. The quantitative estimate of drug-likeness (QED) is 0.222. The number of hydrogen-bond donors (Lipinski definition) is 2. The Morgan fingerprint density at radius 1 is 0.974 bits per heavy atom. The molecule has 0 atom stereocenters. The SMILES string of the molecule is CCOc1cc(/C=C(/C#N)C(=O)Nc2cccc(C(F)(F)F)c2)c(Br)cc1OCC(=O)Nc1ccccc1. The van der Waals surface area contributed by atoms with E-state index < -0.39 is 23.6 Å². The third kappa shape index (κ3) is 7.85. The second-order valence-electron chi connectivity index (χ2n) is 7.66. The Balaban J connectivity index is 1.78. The van der Waals surface area contributed by atoms with Crippen LogP contribution in [0.5, 0.6) is 11.5 Å². The number of nitrogens with one attached hydrogen (secondary N) is 2. The van der Waals surface area contributed by atoms with E-state index in [1.165, 1.54) is 24.3 Å². The molecule has 11 heteroatoms. The second kappa shape index (κ2) is 12.8. The predicted octanol–water partition coefficient (Wildman–Crippen LogP) is 6.43. The van der Waals surface area contributed by atoms with Crippen molar-refractivity contribution >= 4 is 45.2 Å². The van der Waals surface area contributed by atoms with Crippen LogP contribution in [0, 0.1) is 11.3 Å². The Morgan fingerprint density at radius 2 is 1.66 bits per heavy atom. The molecule has 0 unspecified atom stereocenters. The molecule has 3 rings (SSSR count). The molecule has 38 heavy (non-hydrogen) atoms. The minimum atomic E-state index is -4.58. The lowest BCUT2D eigenvalue weighted by Gasteiger charge is -2.14. The van der Waals surface area contributed by atoms with Crippen LogP contribution in [0.1, 0.15) is 18.1 Å². The second-order valence-corrected chi connectivity index (χ2v) is 8.51. The van der Waals surface area contributed by atoms with E-state index in [1.54, 1.807) is 37.3 Å². The number of rotatable bonds is 9. The van der Waals surface area contributed by atoms with Crippen molar-refractivity contribution in [2.45, 2.75) is 13.1 Å². The van der Waals surface area contributed by atoms with Gasteiger partial charge in [-0.15, -0.1) is 0 Å². The van der Waals surface area contributed by atoms with Gasteiger partial charge in [0.25, 0.3) is 11.8 Å². The molecule has 0 saturated heterocycles. The van der Waals surface area contributed by atoms with Crippen molar-refractivity contribution in [2.24, 2.45) is 0 Å². The average molecular weight is 588 g/mol. The zero-order valence-electron chi connectivity index (χ0n) is 19.9. The van der Waals surface area contributed by atoms with E-state index in [2.05, 4.69) is 26.6 Å². The summed E-state index contributed by atoms with van der Waals surface area (Å²) in [6.45, 7) is 1.70. The van der Waals surface area contributed by atoms with Gasteiger partial charge in [0, 0.05) is 15.8 Å². The standard InChI is InChI=1S/C27H21BrF3N3O4/c1-2-37-23-12-17(22(28)14-24(23)38-16-25(35)33-20-8-4-3-5-9-20)11-18(15-32)26(36)34-21-10-6-7-19(13-21)27(29,30)31/h3-14H,2,16H2,1H3,(H,33,35)(H,34,36)/b18-11-. The molecule has 0 spiro atoms. The first-order valence-electron chi connectivity index (χ1n) is 11.1. The number of carbonyl (C=O) groups excluding carboxylic acids is 2. The Labute approximate surface area is 225 Å². The topological polar surface area (TPSA) is 100 Å². The first-order chi connectivity index (χ1) is 18.1. The molecule has 3 aromatic carbocycles. The third-order valence-electron chi connectivity index (χ3n) is 4.89. The molecule has 0 aliphatic rings. The molecule has 0 heterocycles. The molecule has 7 nitrogen and oxygen atoms in total. The van der Waals surface area contributed by atoms with Crippen LogP contribution in [-0.2, 0) is 15.8 Å². The van der Waals surface area contributed by atoms with Crippen LogP contribution < -0.4 is 20.1 Å².